The van der Waals surface area contributed by atoms with Crippen molar-refractivity contribution in [3.8, 4) is 22.6 Å². The predicted molar refractivity (Wildman–Crippen MR) is 147 cm³/mol. The molecule has 0 saturated carbocycles. The van der Waals surface area contributed by atoms with Gasteiger partial charge in [0, 0.05) is 27.1 Å². The second kappa shape index (κ2) is 8.26. The molecule has 1 aliphatic heterocycles. The Hall–Kier alpha value is -4.15. The molecule has 1 unspecified atom stereocenters. The van der Waals surface area contributed by atoms with E-state index in [1.54, 1.807) is 0 Å². The lowest BCUT2D eigenvalue weighted by atomic mass is 10.0. The molecule has 4 heteroatoms. The summed E-state index contributed by atoms with van der Waals surface area (Å²) in [6.45, 7) is 0. The Kier molecular flexibility index (Phi) is 4.78. The van der Waals surface area contributed by atoms with Crippen molar-refractivity contribution in [3.63, 3.8) is 0 Å². The van der Waals surface area contributed by atoms with Crippen molar-refractivity contribution in [2.24, 2.45) is 0 Å². The summed E-state index contributed by atoms with van der Waals surface area (Å²) in [6.07, 6.45) is 0. The molecule has 2 heterocycles. The maximum Gasteiger partial charge on any atom is 0.160 e. The highest BCUT2D eigenvalue weighted by atomic mass is 32.2. The van der Waals surface area contributed by atoms with Gasteiger partial charge in [-0.15, -0.1) is 0 Å². The monoisotopic (exact) mass is 467 g/mol. The molecule has 1 aliphatic rings. The standard InChI is InChI=1S/C31H21N3S/c1-2-9-21-18-22(17-16-20(21)8-1)29-25-12-3-4-13-26(25)32-30(34-29)23-10-7-11-24(19-23)31-33-27-14-5-6-15-28(27)35-31/h1-19,31,33H. The first kappa shape index (κ1) is 20.2. The molecule has 35 heavy (non-hydrogen) atoms. The molecule has 1 aromatic heterocycles. The number of hydrogen-bond donors (Lipinski definition) is 1. The largest absolute Gasteiger partial charge is 0.368 e. The summed E-state index contributed by atoms with van der Waals surface area (Å²) in [4.78, 5) is 11.4. The zero-order valence-electron chi connectivity index (χ0n) is 18.8. The third-order valence-corrected chi connectivity index (χ3v) is 7.73. The summed E-state index contributed by atoms with van der Waals surface area (Å²) < 4.78 is 0. The minimum absolute atomic E-state index is 0.174. The lowest BCUT2D eigenvalue weighted by Gasteiger charge is -2.13. The van der Waals surface area contributed by atoms with E-state index < -0.39 is 0 Å². The zero-order valence-corrected chi connectivity index (χ0v) is 19.7. The van der Waals surface area contributed by atoms with Crippen molar-refractivity contribution in [1.29, 1.82) is 0 Å². The third-order valence-electron chi connectivity index (χ3n) is 6.49. The van der Waals surface area contributed by atoms with Gasteiger partial charge in [0.15, 0.2) is 5.82 Å². The number of hydrogen-bond acceptors (Lipinski definition) is 4. The molecule has 5 aromatic carbocycles. The summed E-state index contributed by atoms with van der Waals surface area (Å²) >= 11 is 1.84. The maximum atomic E-state index is 5.12. The summed E-state index contributed by atoms with van der Waals surface area (Å²) in [5, 5.41) is 7.31. The Labute approximate surface area is 207 Å². The van der Waals surface area contributed by atoms with E-state index in [9.17, 15) is 0 Å². The van der Waals surface area contributed by atoms with Crippen molar-refractivity contribution in [1.82, 2.24) is 9.97 Å². The van der Waals surface area contributed by atoms with Crippen LogP contribution in [0.4, 0.5) is 5.69 Å². The first-order valence-corrected chi connectivity index (χ1v) is 12.6. The molecule has 6 aromatic rings. The van der Waals surface area contributed by atoms with E-state index in [4.69, 9.17) is 9.97 Å². The molecule has 1 atom stereocenters. The molecule has 7 rings (SSSR count). The molecular weight excluding hydrogens is 446 g/mol. The summed E-state index contributed by atoms with van der Waals surface area (Å²) in [6, 6.07) is 40.3. The molecule has 0 aliphatic carbocycles. The molecule has 0 radical (unpaired) electrons. The van der Waals surface area contributed by atoms with Crippen molar-refractivity contribution in [2.75, 3.05) is 5.32 Å². The van der Waals surface area contributed by atoms with Crippen LogP contribution in [-0.2, 0) is 0 Å². The second-order valence-corrected chi connectivity index (χ2v) is 9.89. The summed E-state index contributed by atoms with van der Waals surface area (Å²) in [7, 11) is 0. The van der Waals surface area contributed by atoms with E-state index in [0.29, 0.717) is 0 Å². The van der Waals surface area contributed by atoms with Crippen LogP contribution in [0.2, 0.25) is 0 Å². The number of nitrogens with zero attached hydrogens (tertiary/aromatic N) is 2. The van der Waals surface area contributed by atoms with Gasteiger partial charge < -0.3 is 5.32 Å². The molecule has 166 valence electrons. The minimum atomic E-state index is 0.174. The van der Waals surface area contributed by atoms with Crippen molar-refractivity contribution in [2.45, 2.75) is 10.3 Å². The normalized spacial score (nSPS) is 14.7. The molecule has 0 fully saturated rings. The van der Waals surface area contributed by atoms with Gasteiger partial charge in [0.2, 0.25) is 0 Å². The van der Waals surface area contributed by atoms with Gasteiger partial charge in [-0.1, -0.05) is 96.7 Å². The fraction of sp³-hybridized carbons (Fsp3) is 0.0323. The van der Waals surface area contributed by atoms with Gasteiger partial charge in [-0.3, -0.25) is 0 Å². The lowest BCUT2D eigenvalue weighted by Crippen LogP contribution is -2.02. The number of para-hydroxylation sites is 2. The highest BCUT2D eigenvalue weighted by Crippen LogP contribution is 2.46. The predicted octanol–water partition coefficient (Wildman–Crippen LogP) is 8.33. The van der Waals surface area contributed by atoms with Gasteiger partial charge in [-0.05, 0) is 46.7 Å². The van der Waals surface area contributed by atoms with Crippen LogP contribution in [0.5, 0.6) is 0 Å². The second-order valence-electron chi connectivity index (χ2n) is 8.74. The van der Waals surface area contributed by atoms with Crippen LogP contribution in [0.3, 0.4) is 0 Å². The van der Waals surface area contributed by atoms with Crippen LogP contribution >= 0.6 is 11.8 Å². The van der Waals surface area contributed by atoms with Crippen molar-refractivity contribution >= 4 is 39.1 Å². The van der Waals surface area contributed by atoms with E-state index in [1.165, 1.54) is 26.9 Å². The molecular formula is C31H21N3S. The molecule has 3 nitrogen and oxygen atoms in total. The summed E-state index contributed by atoms with van der Waals surface area (Å²) in [5.41, 5.74) is 6.44. The van der Waals surface area contributed by atoms with E-state index >= 15 is 0 Å². The van der Waals surface area contributed by atoms with Crippen LogP contribution < -0.4 is 5.32 Å². The zero-order chi connectivity index (χ0) is 23.2. The fourth-order valence-corrected chi connectivity index (χ4v) is 5.87. The molecule has 0 saturated heterocycles. The summed E-state index contributed by atoms with van der Waals surface area (Å²) in [5.74, 6) is 0.745. The Morgan fingerprint density at radius 1 is 0.629 bits per heavy atom. The first-order chi connectivity index (χ1) is 17.3. The smallest absolute Gasteiger partial charge is 0.160 e. The number of thioether (sulfide) groups is 1. The van der Waals surface area contributed by atoms with E-state index in [1.807, 2.05) is 17.8 Å². The SMILES string of the molecule is c1cc(-c2nc(-c3ccc4ccccc4c3)c3ccccc3n2)cc(C2Nc3ccccc3S2)c1. The van der Waals surface area contributed by atoms with Gasteiger partial charge in [0.25, 0.3) is 0 Å². The fourth-order valence-electron chi connectivity index (χ4n) is 4.74. The Morgan fingerprint density at radius 2 is 1.46 bits per heavy atom. The van der Waals surface area contributed by atoms with Gasteiger partial charge in [0.1, 0.15) is 5.37 Å². The number of rotatable bonds is 3. The van der Waals surface area contributed by atoms with Gasteiger partial charge in [-0.25, -0.2) is 9.97 Å². The minimum Gasteiger partial charge on any atom is -0.368 e. The average Bonchev–Trinajstić information content (AvgIpc) is 3.37. The number of aromatic nitrogens is 2. The van der Waals surface area contributed by atoms with Crippen molar-refractivity contribution in [3.05, 3.63) is 121 Å². The van der Waals surface area contributed by atoms with Crippen LogP contribution in [0.1, 0.15) is 10.9 Å². The van der Waals surface area contributed by atoms with Gasteiger partial charge in [-0.2, -0.15) is 0 Å². The number of anilines is 1. The number of fused-ring (bicyclic) bond motifs is 3. The molecule has 1 N–H and O–H groups in total. The van der Waals surface area contributed by atoms with E-state index in [0.717, 1.165) is 33.5 Å². The van der Waals surface area contributed by atoms with Crippen LogP contribution in [0, 0.1) is 0 Å². The molecule has 0 amide bonds. The Morgan fingerprint density at radius 3 is 2.40 bits per heavy atom. The third kappa shape index (κ3) is 3.63. The Balaban J connectivity index is 1.34. The average molecular weight is 468 g/mol. The topological polar surface area (TPSA) is 37.8 Å². The van der Waals surface area contributed by atoms with E-state index in [2.05, 4.69) is 115 Å². The lowest BCUT2D eigenvalue weighted by molar-refractivity contribution is 1.13. The number of nitrogens with one attached hydrogen (secondary N) is 1. The van der Waals surface area contributed by atoms with Gasteiger partial charge >= 0.3 is 0 Å². The maximum absolute atomic E-state index is 5.12. The quantitative estimate of drug-likeness (QED) is 0.284. The molecule has 0 bridgehead atoms. The van der Waals surface area contributed by atoms with Crippen LogP contribution in [0.15, 0.2) is 120 Å². The first-order valence-electron chi connectivity index (χ1n) is 11.7. The van der Waals surface area contributed by atoms with Crippen LogP contribution in [0.25, 0.3) is 44.3 Å². The van der Waals surface area contributed by atoms with E-state index in [-0.39, 0.29) is 5.37 Å². The number of benzene rings is 5. The van der Waals surface area contributed by atoms with Crippen molar-refractivity contribution < 1.29 is 0 Å². The van der Waals surface area contributed by atoms with Gasteiger partial charge in [0.05, 0.1) is 11.2 Å². The highest BCUT2D eigenvalue weighted by Gasteiger charge is 2.23. The molecule has 0 spiro atoms. The Bertz CT molecular complexity index is 1700. The van der Waals surface area contributed by atoms with Crippen LogP contribution in [-0.4, -0.2) is 9.97 Å². The highest BCUT2D eigenvalue weighted by molar-refractivity contribution is 8.00.